The summed E-state index contributed by atoms with van der Waals surface area (Å²) in [6.07, 6.45) is 6.06. The number of hydrogen-bond donors (Lipinski definition) is 1. The highest BCUT2D eigenvalue weighted by Gasteiger charge is 2.36. The standard InChI is InChI=1S/C37H43N3O5/c1-42-17-7-16-39-23-28(34-10-4-5-11-36(34)39)24-40(29-12-13-29)37(41)35-22-38-15-14-33(35)27-8-6-9-30(20-27)45-25-26-18-31(43-2)21-32(19-26)44-3/h4-6,8-11,18-21,23,29,38H,7,12-17,22,24-25H2,1-3H3. The van der Waals surface area contributed by atoms with Crippen LogP contribution in [0.25, 0.3) is 16.5 Å². The van der Waals surface area contributed by atoms with E-state index in [-0.39, 0.29) is 11.9 Å². The monoisotopic (exact) mass is 609 g/mol. The summed E-state index contributed by atoms with van der Waals surface area (Å²) in [6, 6.07) is 22.6. The molecule has 6 rings (SSSR count). The highest BCUT2D eigenvalue weighted by atomic mass is 16.5. The van der Waals surface area contributed by atoms with Crippen molar-refractivity contribution in [3.63, 3.8) is 0 Å². The van der Waals surface area contributed by atoms with Gasteiger partial charge in [0, 0.05) is 68.1 Å². The summed E-state index contributed by atoms with van der Waals surface area (Å²) in [5, 5.41) is 4.67. The zero-order valence-corrected chi connectivity index (χ0v) is 26.5. The van der Waals surface area contributed by atoms with Crippen molar-refractivity contribution < 1.29 is 23.7 Å². The molecule has 1 fully saturated rings. The van der Waals surface area contributed by atoms with Gasteiger partial charge in [0.15, 0.2) is 0 Å². The number of carbonyl (C=O) groups excluding carboxylic acids is 1. The summed E-state index contributed by atoms with van der Waals surface area (Å²) < 4.78 is 24.6. The fraction of sp³-hybridized carbons (Fsp3) is 0.378. The van der Waals surface area contributed by atoms with Crippen molar-refractivity contribution in [1.82, 2.24) is 14.8 Å². The summed E-state index contributed by atoms with van der Waals surface area (Å²) >= 11 is 0. The van der Waals surface area contributed by atoms with E-state index in [4.69, 9.17) is 18.9 Å². The van der Waals surface area contributed by atoms with Crippen molar-refractivity contribution in [2.75, 3.05) is 41.0 Å². The fourth-order valence-corrected chi connectivity index (χ4v) is 6.22. The number of benzene rings is 3. The summed E-state index contributed by atoms with van der Waals surface area (Å²) in [7, 11) is 5.02. The average molecular weight is 610 g/mol. The van der Waals surface area contributed by atoms with Crippen molar-refractivity contribution in [3.8, 4) is 17.2 Å². The van der Waals surface area contributed by atoms with Gasteiger partial charge in [0.2, 0.25) is 0 Å². The normalized spacial score (nSPS) is 14.9. The van der Waals surface area contributed by atoms with E-state index in [2.05, 4.69) is 57.4 Å². The number of hydrogen-bond acceptors (Lipinski definition) is 6. The summed E-state index contributed by atoms with van der Waals surface area (Å²) in [4.78, 5) is 16.5. The number of aryl methyl sites for hydroxylation is 1. The predicted molar refractivity (Wildman–Crippen MR) is 177 cm³/mol. The molecule has 1 saturated carbocycles. The lowest BCUT2D eigenvalue weighted by Crippen LogP contribution is -2.39. The first-order valence-corrected chi connectivity index (χ1v) is 15.8. The summed E-state index contributed by atoms with van der Waals surface area (Å²) in [5.74, 6) is 2.33. The number of fused-ring (bicyclic) bond motifs is 1. The molecule has 236 valence electrons. The molecule has 1 N–H and O–H groups in total. The highest BCUT2D eigenvalue weighted by Crippen LogP contribution is 2.35. The molecule has 8 heteroatoms. The van der Waals surface area contributed by atoms with E-state index < -0.39 is 0 Å². The Morgan fingerprint density at radius 1 is 0.956 bits per heavy atom. The van der Waals surface area contributed by atoms with E-state index in [1.54, 1.807) is 21.3 Å². The molecule has 0 atom stereocenters. The molecule has 0 radical (unpaired) electrons. The number of rotatable bonds is 14. The van der Waals surface area contributed by atoms with Crippen LogP contribution in [0.2, 0.25) is 0 Å². The molecule has 1 aliphatic carbocycles. The molecular weight excluding hydrogens is 566 g/mol. The smallest absolute Gasteiger partial charge is 0.251 e. The van der Waals surface area contributed by atoms with Gasteiger partial charge in [-0.25, -0.2) is 0 Å². The lowest BCUT2D eigenvalue weighted by atomic mass is 9.93. The second-order valence-corrected chi connectivity index (χ2v) is 11.8. The van der Waals surface area contributed by atoms with E-state index in [1.165, 1.54) is 16.5 Å². The van der Waals surface area contributed by atoms with Crippen LogP contribution in [-0.4, -0.2) is 62.4 Å². The second-order valence-electron chi connectivity index (χ2n) is 11.8. The van der Waals surface area contributed by atoms with E-state index in [0.29, 0.717) is 19.7 Å². The quantitative estimate of drug-likeness (QED) is 0.171. The van der Waals surface area contributed by atoms with Gasteiger partial charge in [0.05, 0.1) is 14.2 Å². The van der Waals surface area contributed by atoms with Crippen molar-refractivity contribution in [2.24, 2.45) is 0 Å². The average Bonchev–Trinajstić information content (AvgIpc) is 3.88. The number of nitrogens with one attached hydrogen (secondary N) is 1. The van der Waals surface area contributed by atoms with Crippen molar-refractivity contribution in [3.05, 3.63) is 95.2 Å². The van der Waals surface area contributed by atoms with Crippen LogP contribution in [0.4, 0.5) is 0 Å². The van der Waals surface area contributed by atoms with Gasteiger partial charge in [0.1, 0.15) is 23.9 Å². The van der Waals surface area contributed by atoms with Gasteiger partial charge in [-0.1, -0.05) is 30.3 Å². The van der Waals surface area contributed by atoms with E-state index >= 15 is 0 Å². The highest BCUT2D eigenvalue weighted by molar-refractivity contribution is 6.02. The first kappa shape index (κ1) is 30.7. The van der Waals surface area contributed by atoms with Gasteiger partial charge in [-0.15, -0.1) is 0 Å². The Hall–Kier alpha value is -4.27. The van der Waals surface area contributed by atoms with E-state index in [9.17, 15) is 4.79 Å². The zero-order valence-electron chi connectivity index (χ0n) is 26.5. The Kier molecular flexibility index (Phi) is 9.72. The number of ether oxygens (including phenoxy) is 4. The van der Waals surface area contributed by atoms with Crippen LogP contribution >= 0.6 is 0 Å². The molecule has 45 heavy (non-hydrogen) atoms. The molecule has 3 aromatic carbocycles. The molecule has 0 saturated heterocycles. The molecule has 1 amide bonds. The number of carbonyl (C=O) groups is 1. The van der Waals surface area contributed by atoms with Crippen LogP contribution in [0.1, 0.15) is 42.4 Å². The first-order chi connectivity index (χ1) is 22.1. The van der Waals surface area contributed by atoms with Gasteiger partial charge in [-0.3, -0.25) is 4.79 Å². The van der Waals surface area contributed by atoms with Crippen LogP contribution in [-0.2, 0) is 29.2 Å². The number of aromatic nitrogens is 1. The van der Waals surface area contributed by atoms with Crippen LogP contribution in [0.15, 0.2) is 78.5 Å². The third-order valence-electron chi connectivity index (χ3n) is 8.68. The van der Waals surface area contributed by atoms with Crippen molar-refractivity contribution >= 4 is 22.4 Å². The van der Waals surface area contributed by atoms with Crippen LogP contribution in [0.5, 0.6) is 17.2 Å². The molecular formula is C37H43N3O5. The van der Waals surface area contributed by atoms with Gasteiger partial charge in [-0.05, 0) is 84.8 Å². The van der Waals surface area contributed by atoms with Gasteiger partial charge in [-0.2, -0.15) is 0 Å². The molecule has 1 aliphatic heterocycles. The Balaban J connectivity index is 1.24. The lowest BCUT2D eigenvalue weighted by molar-refractivity contribution is -0.128. The largest absolute Gasteiger partial charge is 0.497 e. The maximum absolute atomic E-state index is 14.4. The Bertz CT molecular complexity index is 1650. The molecule has 1 aromatic heterocycles. The van der Waals surface area contributed by atoms with E-state index in [1.807, 2.05) is 30.3 Å². The van der Waals surface area contributed by atoms with Gasteiger partial charge < -0.3 is 33.7 Å². The first-order valence-electron chi connectivity index (χ1n) is 15.8. The van der Waals surface area contributed by atoms with Gasteiger partial charge in [0.25, 0.3) is 5.91 Å². The number of amides is 1. The molecule has 0 unspecified atom stereocenters. The minimum Gasteiger partial charge on any atom is -0.497 e. The van der Waals surface area contributed by atoms with Crippen LogP contribution < -0.4 is 19.5 Å². The topological polar surface area (TPSA) is 74.2 Å². The Morgan fingerprint density at radius 2 is 1.76 bits per heavy atom. The third-order valence-corrected chi connectivity index (χ3v) is 8.68. The summed E-state index contributed by atoms with van der Waals surface area (Å²) in [6.45, 7) is 3.97. The molecule has 8 nitrogen and oxygen atoms in total. The molecule has 2 heterocycles. The van der Waals surface area contributed by atoms with E-state index in [0.717, 1.165) is 84.9 Å². The predicted octanol–water partition coefficient (Wildman–Crippen LogP) is 6.21. The van der Waals surface area contributed by atoms with Crippen molar-refractivity contribution in [2.45, 2.75) is 51.4 Å². The molecule has 4 aromatic rings. The molecule has 2 aliphatic rings. The summed E-state index contributed by atoms with van der Waals surface area (Å²) in [5.41, 5.74) is 6.33. The Labute approximate surface area is 265 Å². The SMILES string of the molecule is COCCCn1cc(CN(C(=O)C2=C(c3cccc(OCc4cc(OC)cc(OC)c4)c3)CCNC2)C2CC2)c2ccccc21. The number of para-hydroxylation sites is 1. The lowest BCUT2D eigenvalue weighted by Gasteiger charge is -2.28. The minimum atomic E-state index is 0.130. The number of methoxy groups -OCH3 is 3. The van der Waals surface area contributed by atoms with Gasteiger partial charge >= 0.3 is 0 Å². The second kappa shape index (κ2) is 14.2. The maximum atomic E-state index is 14.4. The van der Waals surface area contributed by atoms with Crippen LogP contribution in [0, 0.1) is 0 Å². The van der Waals surface area contributed by atoms with Crippen LogP contribution in [0.3, 0.4) is 0 Å². The zero-order chi connectivity index (χ0) is 31.2. The Morgan fingerprint density at radius 3 is 2.51 bits per heavy atom. The third kappa shape index (κ3) is 7.18. The minimum absolute atomic E-state index is 0.130. The van der Waals surface area contributed by atoms with Crippen molar-refractivity contribution in [1.29, 1.82) is 0 Å². The number of nitrogens with zero attached hydrogens (tertiary/aromatic N) is 2. The maximum Gasteiger partial charge on any atom is 0.251 e. The fourth-order valence-electron chi connectivity index (χ4n) is 6.22. The molecule has 0 spiro atoms. The molecule has 0 bridgehead atoms.